The Morgan fingerprint density at radius 3 is 2.33 bits per heavy atom. The quantitative estimate of drug-likeness (QED) is 0.848. The largest absolute Gasteiger partial charge is 0.308 e. The third kappa shape index (κ3) is 4.80. The number of hydrogen-bond acceptors (Lipinski definition) is 1. The molecule has 0 spiro atoms. The minimum atomic E-state index is 0.238. The summed E-state index contributed by atoms with van der Waals surface area (Å²) in [6.07, 6.45) is 2.43. The van der Waals surface area contributed by atoms with Gasteiger partial charge >= 0.3 is 0 Å². The lowest BCUT2D eigenvalue weighted by Gasteiger charge is -2.26. The Balaban J connectivity index is 2.46. The number of hydrogen-bond donors (Lipinski definition) is 1. The highest BCUT2D eigenvalue weighted by molar-refractivity contribution is 9.10. The van der Waals surface area contributed by atoms with E-state index in [0.29, 0.717) is 0 Å². The normalized spacial score (nSPS) is 11.7. The van der Waals surface area contributed by atoms with Crippen molar-refractivity contribution in [3.8, 4) is 0 Å². The van der Waals surface area contributed by atoms with Crippen LogP contribution in [0.4, 0.5) is 0 Å². The highest BCUT2D eigenvalue weighted by Gasteiger charge is 2.14. The van der Waals surface area contributed by atoms with E-state index in [-0.39, 0.29) is 5.54 Å². The number of halogens is 1. The van der Waals surface area contributed by atoms with Gasteiger partial charge in [-0.3, -0.25) is 0 Å². The molecule has 0 aliphatic rings. The molecule has 0 atom stereocenters. The summed E-state index contributed by atoms with van der Waals surface area (Å²) in [5.41, 5.74) is 1.57. The zero-order chi connectivity index (χ0) is 11.3. The van der Waals surface area contributed by atoms with Gasteiger partial charge in [0.15, 0.2) is 0 Å². The monoisotopic (exact) mass is 269 g/mol. The van der Waals surface area contributed by atoms with Gasteiger partial charge in [-0.1, -0.05) is 41.4 Å². The van der Waals surface area contributed by atoms with Crippen LogP contribution in [0.15, 0.2) is 28.7 Å². The van der Waals surface area contributed by atoms with E-state index in [1.807, 2.05) is 0 Å². The molecule has 84 valence electrons. The van der Waals surface area contributed by atoms with Crippen molar-refractivity contribution in [2.45, 2.75) is 45.7 Å². The molecule has 15 heavy (non-hydrogen) atoms. The van der Waals surface area contributed by atoms with E-state index in [2.05, 4.69) is 66.3 Å². The summed E-state index contributed by atoms with van der Waals surface area (Å²) in [6, 6.07) is 8.48. The van der Waals surface area contributed by atoms with Crippen molar-refractivity contribution in [1.82, 2.24) is 5.32 Å². The van der Waals surface area contributed by atoms with Crippen LogP contribution in [0.1, 0.15) is 39.2 Å². The summed E-state index contributed by atoms with van der Waals surface area (Å²) in [5, 5.41) is 3.58. The first-order valence-corrected chi connectivity index (χ1v) is 6.32. The first kappa shape index (κ1) is 12.7. The molecule has 2 heteroatoms. The van der Waals surface area contributed by atoms with Crippen LogP contribution in [0.2, 0.25) is 0 Å². The molecule has 1 N–H and O–H groups in total. The molecule has 0 radical (unpaired) electrons. The second-order valence-corrected chi connectivity index (χ2v) is 5.53. The van der Waals surface area contributed by atoms with Crippen LogP contribution >= 0.6 is 15.9 Å². The maximum atomic E-state index is 3.58. The molecule has 1 nitrogen and oxygen atoms in total. The fourth-order valence-electron chi connectivity index (χ4n) is 1.66. The SMILES string of the molecule is CCCC(C)(C)NCc1ccc(Br)cc1. The van der Waals surface area contributed by atoms with Crippen LogP contribution in [0.3, 0.4) is 0 Å². The predicted octanol–water partition coefficient (Wildman–Crippen LogP) is 4.12. The fraction of sp³-hybridized carbons (Fsp3) is 0.538. The Hall–Kier alpha value is -0.340. The Morgan fingerprint density at radius 1 is 1.20 bits per heavy atom. The predicted molar refractivity (Wildman–Crippen MR) is 70.0 cm³/mol. The first-order chi connectivity index (χ1) is 7.03. The van der Waals surface area contributed by atoms with Crippen LogP contribution in [-0.4, -0.2) is 5.54 Å². The van der Waals surface area contributed by atoms with Crippen LogP contribution < -0.4 is 5.32 Å². The fourth-order valence-corrected chi connectivity index (χ4v) is 1.92. The van der Waals surface area contributed by atoms with E-state index in [4.69, 9.17) is 0 Å². The van der Waals surface area contributed by atoms with Gasteiger partial charge in [0.1, 0.15) is 0 Å². The highest BCUT2D eigenvalue weighted by Crippen LogP contribution is 2.14. The zero-order valence-electron chi connectivity index (χ0n) is 9.81. The van der Waals surface area contributed by atoms with Crippen molar-refractivity contribution in [3.05, 3.63) is 34.3 Å². The molecule has 1 aromatic rings. The Labute approximate surface area is 101 Å². The van der Waals surface area contributed by atoms with Gasteiger partial charge < -0.3 is 5.32 Å². The van der Waals surface area contributed by atoms with E-state index >= 15 is 0 Å². The summed E-state index contributed by atoms with van der Waals surface area (Å²) in [7, 11) is 0. The zero-order valence-corrected chi connectivity index (χ0v) is 11.4. The minimum absolute atomic E-state index is 0.238. The molecule has 1 aromatic carbocycles. The maximum absolute atomic E-state index is 3.58. The number of rotatable bonds is 5. The van der Waals surface area contributed by atoms with Crippen molar-refractivity contribution in [1.29, 1.82) is 0 Å². The Kier molecular flexibility index (Phi) is 4.81. The molecule has 0 saturated carbocycles. The first-order valence-electron chi connectivity index (χ1n) is 5.53. The molecule has 1 rings (SSSR count). The van der Waals surface area contributed by atoms with Crippen molar-refractivity contribution < 1.29 is 0 Å². The third-order valence-electron chi connectivity index (χ3n) is 2.56. The van der Waals surface area contributed by atoms with Gasteiger partial charge in [-0.15, -0.1) is 0 Å². The lowest BCUT2D eigenvalue weighted by Crippen LogP contribution is -2.38. The van der Waals surface area contributed by atoms with Gasteiger partial charge in [0, 0.05) is 16.6 Å². The molecule has 0 unspecified atom stereocenters. The standard InChI is InChI=1S/C13H20BrN/c1-4-9-13(2,3)15-10-11-5-7-12(14)8-6-11/h5-8,15H,4,9-10H2,1-3H3. The second-order valence-electron chi connectivity index (χ2n) is 4.61. The van der Waals surface area contributed by atoms with Gasteiger partial charge in [-0.2, -0.15) is 0 Å². The van der Waals surface area contributed by atoms with Crippen molar-refractivity contribution >= 4 is 15.9 Å². The molecule has 0 saturated heterocycles. The average Bonchev–Trinajstić information content (AvgIpc) is 2.17. The molecule has 0 bridgehead atoms. The van der Waals surface area contributed by atoms with Crippen LogP contribution in [-0.2, 0) is 6.54 Å². The van der Waals surface area contributed by atoms with E-state index in [1.54, 1.807) is 0 Å². The maximum Gasteiger partial charge on any atom is 0.0210 e. The molecule has 0 aromatic heterocycles. The van der Waals surface area contributed by atoms with Crippen LogP contribution in [0.25, 0.3) is 0 Å². The van der Waals surface area contributed by atoms with Crippen molar-refractivity contribution in [2.24, 2.45) is 0 Å². The average molecular weight is 270 g/mol. The summed E-state index contributed by atoms with van der Waals surface area (Å²) in [6.45, 7) is 7.69. The smallest absolute Gasteiger partial charge is 0.0210 e. The van der Waals surface area contributed by atoms with Gasteiger partial charge in [0.25, 0.3) is 0 Å². The second kappa shape index (κ2) is 5.66. The minimum Gasteiger partial charge on any atom is -0.308 e. The molecule has 0 amide bonds. The lowest BCUT2D eigenvalue weighted by atomic mass is 9.98. The summed E-state index contributed by atoms with van der Waals surface area (Å²) in [5.74, 6) is 0. The third-order valence-corrected chi connectivity index (χ3v) is 3.09. The molecule has 0 heterocycles. The molecular weight excluding hydrogens is 250 g/mol. The van der Waals surface area contributed by atoms with Crippen molar-refractivity contribution in [3.63, 3.8) is 0 Å². The molecule has 0 aliphatic heterocycles. The summed E-state index contributed by atoms with van der Waals surface area (Å²) in [4.78, 5) is 0. The summed E-state index contributed by atoms with van der Waals surface area (Å²) >= 11 is 3.44. The van der Waals surface area contributed by atoms with E-state index in [1.165, 1.54) is 18.4 Å². The lowest BCUT2D eigenvalue weighted by molar-refractivity contribution is 0.357. The Bertz CT molecular complexity index is 290. The number of nitrogens with one attached hydrogen (secondary N) is 1. The van der Waals surface area contributed by atoms with Gasteiger partial charge in [-0.25, -0.2) is 0 Å². The molecular formula is C13H20BrN. The van der Waals surface area contributed by atoms with E-state index < -0.39 is 0 Å². The van der Waals surface area contributed by atoms with Crippen LogP contribution in [0.5, 0.6) is 0 Å². The van der Waals surface area contributed by atoms with Crippen LogP contribution in [0, 0.1) is 0 Å². The van der Waals surface area contributed by atoms with Crippen molar-refractivity contribution in [2.75, 3.05) is 0 Å². The van der Waals surface area contributed by atoms with E-state index in [0.717, 1.165) is 11.0 Å². The van der Waals surface area contributed by atoms with Gasteiger partial charge in [-0.05, 0) is 38.0 Å². The summed E-state index contributed by atoms with van der Waals surface area (Å²) < 4.78 is 1.14. The molecule has 0 aliphatic carbocycles. The van der Waals surface area contributed by atoms with Gasteiger partial charge in [0.2, 0.25) is 0 Å². The highest BCUT2D eigenvalue weighted by atomic mass is 79.9. The topological polar surface area (TPSA) is 12.0 Å². The number of benzene rings is 1. The van der Waals surface area contributed by atoms with E-state index in [9.17, 15) is 0 Å². The molecule has 0 fully saturated rings. The Morgan fingerprint density at radius 2 is 1.80 bits per heavy atom. The van der Waals surface area contributed by atoms with Gasteiger partial charge in [0.05, 0.1) is 0 Å².